The molecule has 2 aromatic rings. The van der Waals surface area contributed by atoms with Gasteiger partial charge < -0.3 is 9.84 Å². The van der Waals surface area contributed by atoms with Crippen LogP contribution in [0.2, 0.25) is 0 Å². The minimum absolute atomic E-state index is 0.130. The van der Waals surface area contributed by atoms with Crippen molar-refractivity contribution in [2.45, 2.75) is 19.3 Å². The standard InChI is InChI=1S/C11H14O3.C8H5NO3/c1-3-10(11(12)13)8-4-6-9(14-2)7-5-8;10-7-5-3-1-2-4-6(5)8(11)9(7)12/h4-7,10H,3H2,1-2H3,(H,12,13);1-4,12H. The molecule has 0 saturated carbocycles. The zero-order chi connectivity index (χ0) is 19.3. The molecule has 0 saturated heterocycles. The van der Waals surface area contributed by atoms with Crippen LogP contribution in [0.4, 0.5) is 0 Å². The molecule has 136 valence electrons. The number of ether oxygens (including phenoxy) is 1. The highest BCUT2D eigenvalue weighted by Crippen LogP contribution is 2.22. The fourth-order valence-corrected chi connectivity index (χ4v) is 2.57. The molecule has 3 rings (SSSR count). The van der Waals surface area contributed by atoms with Gasteiger partial charge in [-0.1, -0.05) is 31.2 Å². The first-order valence-corrected chi connectivity index (χ1v) is 7.94. The van der Waals surface area contributed by atoms with Gasteiger partial charge in [-0.15, -0.1) is 5.06 Å². The van der Waals surface area contributed by atoms with Gasteiger partial charge in [0.1, 0.15) is 5.75 Å². The summed E-state index contributed by atoms with van der Waals surface area (Å²) in [6, 6.07) is 13.4. The number of methoxy groups -OCH3 is 1. The number of aliphatic carboxylic acids is 1. The molecule has 0 aliphatic carbocycles. The van der Waals surface area contributed by atoms with Gasteiger partial charge in [-0.25, -0.2) is 0 Å². The first-order valence-electron chi connectivity index (χ1n) is 7.94. The maximum absolute atomic E-state index is 11.1. The Kier molecular flexibility index (Phi) is 6.08. The summed E-state index contributed by atoms with van der Waals surface area (Å²) in [6.07, 6.45) is 0.599. The summed E-state index contributed by atoms with van der Waals surface area (Å²) in [5, 5.41) is 18.0. The Morgan fingerprint density at radius 2 is 1.54 bits per heavy atom. The number of carboxylic acid groups (broad SMARTS) is 1. The van der Waals surface area contributed by atoms with Crippen molar-refractivity contribution in [2.75, 3.05) is 7.11 Å². The lowest BCUT2D eigenvalue weighted by Gasteiger charge is -2.10. The number of nitrogens with zero attached hydrogens (tertiary/aromatic N) is 1. The van der Waals surface area contributed by atoms with E-state index in [1.54, 1.807) is 43.5 Å². The highest BCUT2D eigenvalue weighted by molar-refractivity contribution is 6.20. The summed E-state index contributed by atoms with van der Waals surface area (Å²) >= 11 is 0. The minimum Gasteiger partial charge on any atom is -0.497 e. The summed E-state index contributed by atoms with van der Waals surface area (Å²) in [7, 11) is 1.59. The van der Waals surface area contributed by atoms with E-state index in [0.29, 0.717) is 6.42 Å². The number of hydrogen-bond acceptors (Lipinski definition) is 5. The van der Waals surface area contributed by atoms with Gasteiger partial charge in [0.15, 0.2) is 0 Å². The zero-order valence-electron chi connectivity index (χ0n) is 14.4. The highest BCUT2D eigenvalue weighted by Gasteiger charge is 2.34. The predicted molar refractivity (Wildman–Crippen MR) is 92.4 cm³/mol. The van der Waals surface area contributed by atoms with Crippen LogP contribution >= 0.6 is 0 Å². The van der Waals surface area contributed by atoms with Crippen molar-refractivity contribution in [3.63, 3.8) is 0 Å². The topological polar surface area (TPSA) is 104 Å². The molecule has 2 amide bonds. The molecule has 2 aromatic carbocycles. The third-order valence-electron chi connectivity index (χ3n) is 4.00. The largest absolute Gasteiger partial charge is 0.497 e. The van der Waals surface area contributed by atoms with E-state index in [0.717, 1.165) is 11.3 Å². The van der Waals surface area contributed by atoms with Gasteiger partial charge in [-0.2, -0.15) is 0 Å². The second-order valence-corrected chi connectivity index (χ2v) is 5.54. The molecule has 1 aliphatic rings. The Labute approximate surface area is 150 Å². The molecule has 7 nitrogen and oxygen atoms in total. The van der Waals surface area contributed by atoms with Crippen LogP contribution in [0.3, 0.4) is 0 Å². The van der Waals surface area contributed by atoms with Gasteiger partial charge >= 0.3 is 5.97 Å². The Balaban J connectivity index is 0.000000189. The van der Waals surface area contributed by atoms with Gasteiger partial charge in [0.25, 0.3) is 11.8 Å². The molecule has 1 heterocycles. The second kappa shape index (κ2) is 8.26. The maximum Gasteiger partial charge on any atom is 0.310 e. The number of fused-ring (bicyclic) bond motifs is 1. The van der Waals surface area contributed by atoms with Crippen LogP contribution in [-0.2, 0) is 4.79 Å². The fourth-order valence-electron chi connectivity index (χ4n) is 2.57. The van der Waals surface area contributed by atoms with Crippen LogP contribution in [0.1, 0.15) is 45.5 Å². The van der Waals surface area contributed by atoms with Crippen LogP contribution < -0.4 is 4.74 Å². The third kappa shape index (κ3) is 3.89. The van der Waals surface area contributed by atoms with Crippen LogP contribution in [-0.4, -0.2) is 40.3 Å². The van der Waals surface area contributed by atoms with Crippen LogP contribution in [0.15, 0.2) is 48.5 Å². The summed E-state index contributed by atoms with van der Waals surface area (Å²) in [6.45, 7) is 1.86. The summed E-state index contributed by atoms with van der Waals surface area (Å²) in [5.74, 6) is -1.77. The molecule has 1 atom stereocenters. The molecule has 26 heavy (non-hydrogen) atoms. The van der Waals surface area contributed by atoms with E-state index >= 15 is 0 Å². The first-order chi connectivity index (χ1) is 12.4. The van der Waals surface area contributed by atoms with Gasteiger partial charge in [-0.05, 0) is 36.2 Å². The highest BCUT2D eigenvalue weighted by atomic mass is 16.5. The van der Waals surface area contributed by atoms with Crippen LogP contribution in [0.5, 0.6) is 5.75 Å². The maximum atomic E-state index is 11.1. The SMILES string of the molecule is CCC(C(=O)O)c1ccc(OC)cc1.O=C1c2ccccc2C(=O)N1O. The predicted octanol–water partition coefficient (Wildman–Crippen LogP) is 2.95. The number of imide groups is 1. The van der Waals surface area contributed by atoms with Crippen molar-refractivity contribution in [3.8, 4) is 5.75 Å². The Morgan fingerprint density at radius 1 is 1.04 bits per heavy atom. The molecule has 0 radical (unpaired) electrons. The van der Waals surface area contributed by atoms with Gasteiger partial charge in [-0.3, -0.25) is 19.6 Å². The minimum atomic E-state index is -0.780. The average molecular weight is 357 g/mol. The summed E-state index contributed by atoms with van der Waals surface area (Å²) in [4.78, 5) is 33.0. The zero-order valence-corrected chi connectivity index (χ0v) is 14.4. The summed E-state index contributed by atoms with van der Waals surface area (Å²) < 4.78 is 5.00. The van der Waals surface area contributed by atoms with E-state index in [1.807, 2.05) is 6.92 Å². The fraction of sp³-hybridized carbons (Fsp3) is 0.211. The number of carboxylic acids is 1. The average Bonchev–Trinajstić information content (AvgIpc) is 2.88. The van der Waals surface area contributed by atoms with Crippen LogP contribution in [0, 0.1) is 0 Å². The van der Waals surface area contributed by atoms with E-state index in [9.17, 15) is 14.4 Å². The van der Waals surface area contributed by atoms with Gasteiger partial charge in [0.2, 0.25) is 0 Å². The third-order valence-corrected chi connectivity index (χ3v) is 4.00. The lowest BCUT2D eigenvalue weighted by Crippen LogP contribution is -2.25. The molecule has 7 heteroatoms. The van der Waals surface area contributed by atoms with Crippen molar-refractivity contribution in [2.24, 2.45) is 0 Å². The smallest absolute Gasteiger partial charge is 0.310 e. The first kappa shape index (κ1) is 19.1. The lowest BCUT2D eigenvalue weighted by molar-refractivity contribution is -0.138. The molecule has 1 aliphatic heterocycles. The van der Waals surface area contributed by atoms with Gasteiger partial charge in [0, 0.05) is 0 Å². The molecular formula is C19H19NO6. The molecule has 0 aromatic heterocycles. The molecule has 1 unspecified atom stereocenters. The number of carbonyl (C=O) groups is 3. The van der Waals surface area contributed by atoms with Crippen LogP contribution in [0.25, 0.3) is 0 Å². The van der Waals surface area contributed by atoms with E-state index in [2.05, 4.69) is 0 Å². The normalized spacial score (nSPS) is 13.6. The number of hydrogen-bond donors (Lipinski definition) is 2. The quantitative estimate of drug-likeness (QED) is 0.644. The molecule has 0 spiro atoms. The Hall–Kier alpha value is -3.19. The number of hydroxylamine groups is 2. The number of amides is 2. The van der Waals surface area contributed by atoms with Crippen molar-refractivity contribution in [3.05, 3.63) is 65.2 Å². The molecule has 0 fully saturated rings. The molecule has 0 bridgehead atoms. The van der Waals surface area contributed by atoms with Gasteiger partial charge in [0.05, 0.1) is 24.2 Å². The van der Waals surface area contributed by atoms with E-state index in [-0.39, 0.29) is 16.2 Å². The van der Waals surface area contributed by atoms with E-state index in [1.165, 1.54) is 12.1 Å². The monoisotopic (exact) mass is 357 g/mol. The second-order valence-electron chi connectivity index (χ2n) is 5.54. The van der Waals surface area contributed by atoms with Crippen molar-refractivity contribution in [1.29, 1.82) is 0 Å². The number of benzene rings is 2. The Bertz CT molecular complexity index is 780. The molecule has 2 N–H and O–H groups in total. The Morgan fingerprint density at radius 3 is 1.92 bits per heavy atom. The van der Waals surface area contributed by atoms with E-state index < -0.39 is 23.7 Å². The van der Waals surface area contributed by atoms with Crippen molar-refractivity contribution >= 4 is 17.8 Å². The van der Waals surface area contributed by atoms with Crippen molar-refractivity contribution in [1.82, 2.24) is 5.06 Å². The molecular weight excluding hydrogens is 338 g/mol. The summed E-state index contributed by atoms with van der Waals surface area (Å²) in [5.41, 5.74) is 1.33. The lowest BCUT2D eigenvalue weighted by atomic mass is 9.97. The number of carbonyl (C=O) groups excluding carboxylic acids is 2. The van der Waals surface area contributed by atoms with E-state index in [4.69, 9.17) is 15.1 Å². The number of rotatable bonds is 4. The van der Waals surface area contributed by atoms with Crippen molar-refractivity contribution < 1.29 is 29.4 Å².